The highest BCUT2D eigenvalue weighted by Crippen LogP contribution is 2.17. The number of aldehydes is 1. The Kier molecular flexibility index (Phi) is 5.29. The molecule has 0 saturated carbocycles. The number of carbonyl (C=O) groups excluding carboxylic acids is 1. The first kappa shape index (κ1) is 14.2. The van der Waals surface area contributed by atoms with Crippen molar-refractivity contribution >= 4 is 12.0 Å². The van der Waals surface area contributed by atoms with Gasteiger partial charge in [0.25, 0.3) is 0 Å². The SMILES string of the molecule is CON(c1ccccc1)C(C=O)OCc1ccccc1. The van der Waals surface area contributed by atoms with Crippen LogP contribution in [0.25, 0.3) is 0 Å². The van der Waals surface area contributed by atoms with Crippen molar-refractivity contribution in [1.29, 1.82) is 0 Å². The van der Waals surface area contributed by atoms with E-state index < -0.39 is 6.23 Å². The molecule has 1 unspecified atom stereocenters. The fourth-order valence-electron chi connectivity index (χ4n) is 1.85. The maximum Gasteiger partial charge on any atom is 0.210 e. The molecular weight excluding hydrogens is 254 g/mol. The Morgan fingerprint density at radius 2 is 1.65 bits per heavy atom. The minimum absolute atomic E-state index is 0.344. The van der Waals surface area contributed by atoms with Gasteiger partial charge in [-0.15, -0.1) is 0 Å². The van der Waals surface area contributed by atoms with Crippen molar-refractivity contribution in [3.63, 3.8) is 0 Å². The standard InChI is InChI=1S/C16H17NO3/c1-19-17(15-10-6-3-7-11-15)16(12-18)20-13-14-8-4-2-5-9-14/h2-12,16H,13H2,1H3. The van der Waals surface area contributed by atoms with Crippen molar-refractivity contribution in [3.05, 3.63) is 66.2 Å². The maximum atomic E-state index is 11.3. The Morgan fingerprint density at radius 1 is 1.05 bits per heavy atom. The molecule has 0 heterocycles. The summed E-state index contributed by atoms with van der Waals surface area (Å²) in [4.78, 5) is 16.5. The molecule has 0 aromatic heterocycles. The van der Waals surface area contributed by atoms with E-state index in [9.17, 15) is 4.79 Å². The molecule has 4 nitrogen and oxygen atoms in total. The van der Waals surface area contributed by atoms with Crippen LogP contribution >= 0.6 is 0 Å². The molecule has 0 aliphatic carbocycles. The monoisotopic (exact) mass is 271 g/mol. The maximum absolute atomic E-state index is 11.3. The van der Waals surface area contributed by atoms with Gasteiger partial charge >= 0.3 is 0 Å². The third-order valence-corrected chi connectivity index (χ3v) is 2.82. The van der Waals surface area contributed by atoms with Crippen molar-refractivity contribution in [3.8, 4) is 0 Å². The molecule has 0 N–H and O–H groups in total. The van der Waals surface area contributed by atoms with Gasteiger partial charge < -0.3 is 4.74 Å². The van der Waals surface area contributed by atoms with Crippen molar-refractivity contribution in [2.75, 3.05) is 12.2 Å². The molecule has 0 aliphatic heterocycles. The minimum atomic E-state index is -0.789. The fraction of sp³-hybridized carbons (Fsp3) is 0.188. The van der Waals surface area contributed by atoms with Crippen molar-refractivity contribution < 1.29 is 14.4 Å². The summed E-state index contributed by atoms with van der Waals surface area (Å²) in [7, 11) is 1.51. The minimum Gasteiger partial charge on any atom is -0.345 e. The lowest BCUT2D eigenvalue weighted by molar-refractivity contribution is -0.124. The van der Waals surface area contributed by atoms with Crippen molar-refractivity contribution in [2.24, 2.45) is 0 Å². The van der Waals surface area contributed by atoms with E-state index in [1.807, 2.05) is 60.7 Å². The Hall–Kier alpha value is -2.17. The highest BCUT2D eigenvalue weighted by molar-refractivity contribution is 5.62. The quantitative estimate of drug-likeness (QED) is 0.441. The molecule has 2 aromatic rings. The number of para-hydroxylation sites is 1. The summed E-state index contributed by atoms with van der Waals surface area (Å²) in [6, 6.07) is 19.0. The second kappa shape index (κ2) is 7.43. The topological polar surface area (TPSA) is 38.8 Å². The largest absolute Gasteiger partial charge is 0.345 e. The number of rotatable bonds is 7. The molecule has 0 spiro atoms. The molecular formula is C16H17NO3. The average Bonchev–Trinajstić information content (AvgIpc) is 2.53. The van der Waals surface area contributed by atoms with Gasteiger partial charge in [-0.25, -0.2) is 5.06 Å². The van der Waals surface area contributed by atoms with E-state index in [4.69, 9.17) is 9.57 Å². The van der Waals surface area contributed by atoms with Gasteiger partial charge in [0.1, 0.15) is 0 Å². The number of ether oxygens (including phenoxy) is 1. The fourth-order valence-corrected chi connectivity index (χ4v) is 1.85. The van der Waals surface area contributed by atoms with E-state index in [0.29, 0.717) is 6.61 Å². The molecule has 2 rings (SSSR count). The Bertz CT molecular complexity index is 516. The van der Waals surface area contributed by atoms with Crippen LogP contribution in [0.5, 0.6) is 0 Å². The zero-order valence-corrected chi connectivity index (χ0v) is 11.3. The zero-order chi connectivity index (χ0) is 14.2. The molecule has 20 heavy (non-hydrogen) atoms. The molecule has 1 atom stereocenters. The molecule has 0 fully saturated rings. The summed E-state index contributed by atoms with van der Waals surface area (Å²) in [5.41, 5.74) is 1.77. The van der Waals surface area contributed by atoms with E-state index in [1.165, 1.54) is 12.2 Å². The van der Waals surface area contributed by atoms with Gasteiger partial charge in [0, 0.05) is 0 Å². The normalized spacial score (nSPS) is 11.8. The summed E-state index contributed by atoms with van der Waals surface area (Å²) < 4.78 is 5.62. The predicted molar refractivity (Wildman–Crippen MR) is 77.0 cm³/mol. The molecule has 0 amide bonds. The summed E-state index contributed by atoms with van der Waals surface area (Å²) in [5, 5.41) is 1.44. The number of carbonyl (C=O) groups is 1. The number of hydrogen-bond donors (Lipinski definition) is 0. The Balaban J connectivity index is 2.04. The lowest BCUT2D eigenvalue weighted by atomic mass is 10.2. The van der Waals surface area contributed by atoms with Gasteiger partial charge in [0.15, 0.2) is 6.29 Å². The number of anilines is 1. The first-order valence-corrected chi connectivity index (χ1v) is 6.34. The van der Waals surface area contributed by atoms with Crippen LogP contribution in [0.4, 0.5) is 5.69 Å². The summed E-state index contributed by atoms with van der Waals surface area (Å²) >= 11 is 0. The van der Waals surface area contributed by atoms with Crippen LogP contribution in [0.2, 0.25) is 0 Å². The number of nitrogens with zero attached hydrogens (tertiary/aromatic N) is 1. The van der Waals surface area contributed by atoms with Gasteiger partial charge in [-0.1, -0.05) is 48.5 Å². The molecule has 104 valence electrons. The molecule has 2 aromatic carbocycles. The van der Waals surface area contributed by atoms with E-state index in [1.54, 1.807) is 0 Å². The van der Waals surface area contributed by atoms with Crippen LogP contribution in [0.15, 0.2) is 60.7 Å². The van der Waals surface area contributed by atoms with Gasteiger partial charge in [0.2, 0.25) is 6.23 Å². The van der Waals surface area contributed by atoms with Crippen LogP contribution < -0.4 is 5.06 Å². The van der Waals surface area contributed by atoms with Crippen molar-refractivity contribution in [1.82, 2.24) is 0 Å². The van der Waals surface area contributed by atoms with Gasteiger partial charge in [0.05, 0.1) is 19.4 Å². The third-order valence-electron chi connectivity index (χ3n) is 2.82. The lowest BCUT2D eigenvalue weighted by Crippen LogP contribution is -2.37. The number of hydroxylamine groups is 1. The molecule has 0 saturated heterocycles. The number of hydrogen-bond acceptors (Lipinski definition) is 4. The van der Waals surface area contributed by atoms with Crippen LogP contribution in [0.3, 0.4) is 0 Å². The smallest absolute Gasteiger partial charge is 0.210 e. The Labute approximate surface area is 118 Å². The van der Waals surface area contributed by atoms with Crippen LogP contribution in [-0.2, 0) is 21.0 Å². The average molecular weight is 271 g/mol. The molecule has 0 aliphatic rings. The lowest BCUT2D eigenvalue weighted by Gasteiger charge is -2.27. The second-order valence-electron chi connectivity index (χ2n) is 4.17. The number of benzene rings is 2. The van der Waals surface area contributed by atoms with Crippen molar-refractivity contribution in [2.45, 2.75) is 12.8 Å². The first-order valence-electron chi connectivity index (χ1n) is 6.34. The van der Waals surface area contributed by atoms with E-state index in [2.05, 4.69) is 0 Å². The summed E-state index contributed by atoms with van der Waals surface area (Å²) in [6.45, 7) is 0.344. The van der Waals surface area contributed by atoms with Gasteiger partial charge in [-0.05, 0) is 17.7 Å². The molecule has 0 bridgehead atoms. The van der Waals surface area contributed by atoms with Gasteiger partial charge in [-0.3, -0.25) is 9.63 Å². The van der Waals surface area contributed by atoms with E-state index in [-0.39, 0.29) is 0 Å². The van der Waals surface area contributed by atoms with Crippen LogP contribution in [-0.4, -0.2) is 19.6 Å². The highest BCUT2D eigenvalue weighted by Gasteiger charge is 2.19. The summed E-state index contributed by atoms with van der Waals surface area (Å²) in [6.07, 6.45) is -0.0676. The summed E-state index contributed by atoms with van der Waals surface area (Å²) in [5.74, 6) is 0. The highest BCUT2D eigenvalue weighted by atomic mass is 16.7. The molecule has 4 heteroatoms. The Morgan fingerprint density at radius 3 is 2.20 bits per heavy atom. The second-order valence-corrected chi connectivity index (χ2v) is 4.17. The predicted octanol–water partition coefficient (Wildman–Crippen LogP) is 2.80. The third kappa shape index (κ3) is 3.66. The van der Waals surface area contributed by atoms with E-state index in [0.717, 1.165) is 17.5 Å². The molecule has 0 radical (unpaired) electrons. The first-order chi connectivity index (χ1) is 9.85. The zero-order valence-electron chi connectivity index (χ0n) is 11.3. The van der Waals surface area contributed by atoms with E-state index >= 15 is 0 Å². The van der Waals surface area contributed by atoms with Crippen LogP contribution in [0.1, 0.15) is 5.56 Å². The van der Waals surface area contributed by atoms with Gasteiger partial charge in [-0.2, -0.15) is 0 Å². The van der Waals surface area contributed by atoms with Crippen LogP contribution in [0, 0.1) is 0 Å².